The topological polar surface area (TPSA) is 45.5 Å². The van der Waals surface area contributed by atoms with Gasteiger partial charge in [-0.3, -0.25) is 0 Å². The van der Waals surface area contributed by atoms with Gasteiger partial charge in [-0.25, -0.2) is 4.79 Å². The molecule has 1 aliphatic rings. The number of benzene rings is 1. The van der Waals surface area contributed by atoms with Crippen molar-refractivity contribution in [3.8, 4) is 0 Å². The van der Waals surface area contributed by atoms with Crippen LogP contribution in [0.2, 0.25) is 0 Å². The first-order valence-corrected chi connectivity index (χ1v) is 9.45. The molecule has 0 spiro atoms. The van der Waals surface area contributed by atoms with Crippen molar-refractivity contribution in [1.82, 2.24) is 10.2 Å². The van der Waals surface area contributed by atoms with Crippen LogP contribution in [0.5, 0.6) is 0 Å². The summed E-state index contributed by atoms with van der Waals surface area (Å²) >= 11 is 1.91. The third kappa shape index (κ3) is 3.78. The second kappa shape index (κ2) is 7.34. The highest BCUT2D eigenvalue weighted by Gasteiger charge is 2.28. The summed E-state index contributed by atoms with van der Waals surface area (Å²) in [6.07, 6.45) is 0. The molecule has 3 rings (SSSR count). The maximum Gasteiger partial charge on any atom is 0.318 e. The summed E-state index contributed by atoms with van der Waals surface area (Å²) < 4.78 is 5.53. The lowest BCUT2D eigenvalue weighted by Crippen LogP contribution is -2.46. The van der Waals surface area contributed by atoms with Gasteiger partial charge in [0.25, 0.3) is 0 Å². The molecule has 0 bridgehead atoms. The summed E-state index contributed by atoms with van der Waals surface area (Å²) in [4.78, 5) is 14.7. The Kier molecular flexibility index (Phi) is 5.19. The molecular weight excluding hydrogens is 320 g/mol. The molecular formula is C19H24N2O2S. The first kappa shape index (κ1) is 17.0. The summed E-state index contributed by atoms with van der Waals surface area (Å²) in [6.45, 7) is 7.22. The summed E-state index contributed by atoms with van der Waals surface area (Å²) in [5, 5.41) is 3.05. The zero-order chi connectivity index (χ0) is 17.1. The molecule has 1 aliphatic heterocycles. The zero-order valence-electron chi connectivity index (χ0n) is 14.5. The Bertz CT molecular complexity index is 709. The summed E-state index contributed by atoms with van der Waals surface area (Å²) in [6, 6.07) is 10.6. The number of hydrogen-bond acceptors (Lipinski definition) is 3. The lowest BCUT2D eigenvalue weighted by molar-refractivity contribution is 0.182. The van der Waals surface area contributed by atoms with Crippen molar-refractivity contribution in [2.75, 3.05) is 18.1 Å². The van der Waals surface area contributed by atoms with E-state index in [2.05, 4.69) is 36.5 Å². The van der Waals surface area contributed by atoms with Gasteiger partial charge >= 0.3 is 6.03 Å². The molecule has 1 aromatic heterocycles. The molecule has 128 valence electrons. The molecule has 1 aromatic carbocycles. The third-order valence-electron chi connectivity index (χ3n) is 4.43. The van der Waals surface area contributed by atoms with Crippen LogP contribution in [-0.2, 0) is 6.54 Å². The molecule has 1 atom stereocenters. The summed E-state index contributed by atoms with van der Waals surface area (Å²) in [5.74, 6) is 3.68. The molecule has 2 heterocycles. The number of furan rings is 1. The number of thioether (sulfide) groups is 1. The highest BCUT2D eigenvalue weighted by Crippen LogP contribution is 2.29. The lowest BCUT2D eigenvalue weighted by atomic mass is 10.1. The van der Waals surface area contributed by atoms with Crippen molar-refractivity contribution >= 4 is 17.8 Å². The minimum Gasteiger partial charge on any atom is -0.466 e. The number of aryl methyl sites for hydroxylation is 3. The van der Waals surface area contributed by atoms with Gasteiger partial charge in [0.1, 0.15) is 11.5 Å². The number of nitrogens with one attached hydrogen (secondary N) is 1. The van der Waals surface area contributed by atoms with E-state index in [9.17, 15) is 4.79 Å². The van der Waals surface area contributed by atoms with Gasteiger partial charge in [-0.05, 0) is 32.4 Å². The van der Waals surface area contributed by atoms with Crippen LogP contribution < -0.4 is 5.32 Å². The quantitative estimate of drug-likeness (QED) is 0.907. The predicted octanol–water partition coefficient (Wildman–Crippen LogP) is 4.20. The molecule has 4 nitrogen and oxygen atoms in total. The van der Waals surface area contributed by atoms with Crippen molar-refractivity contribution in [1.29, 1.82) is 0 Å². The van der Waals surface area contributed by atoms with Crippen molar-refractivity contribution in [3.63, 3.8) is 0 Å². The summed E-state index contributed by atoms with van der Waals surface area (Å²) in [7, 11) is 0. The molecule has 1 unspecified atom stereocenters. The fourth-order valence-corrected chi connectivity index (χ4v) is 4.13. The Morgan fingerprint density at radius 3 is 2.71 bits per heavy atom. The van der Waals surface area contributed by atoms with E-state index in [0.717, 1.165) is 35.1 Å². The maximum atomic E-state index is 12.7. The van der Waals surface area contributed by atoms with E-state index in [0.29, 0.717) is 6.54 Å². The van der Waals surface area contributed by atoms with Crippen LogP contribution in [-0.4, -0.2) is 29.0 Å². The van der Waals surface area contributed by atoms with Crippen LogP contribution in [0.15, 0.2) is 34.7 Å². The van der Waals surface area contributed by atoms with Gasteiger partial charge in [0, 0.05) is 30.2 Å². The van der Waals surface area contributed by atoms with Crippen LogP contribution in [0.1, 0.15) is 34.3 Å². The third-order valence-corrected chi connectivity index (χ3v) is 5.45. The van der Waals surface area contributed by atoms with Gasteiger partial charge in [0.2, 0.25) is 0 Å². The fraction of sp³-hybridized carbons (Fsp3) is 0.421. The Morgan fingerprint density at radius 2 is 2.04 bits per heavy atom. The molecule has 2 amide bonds. The molecule has 0 saturated carbocycles. The van der Waals surface area contributed by atoms with E-state index in [4.69, 9.17) is 4.42 Å². The van der Waals surface area contributed by atoms with E-state index >= 15 is 0 Å². The first-order valence-electron chi connectivity index (χ1n) is 8.29. The van der Waals surface area contributed by atoms with Gasteiger partial charge in [-0.2, -0.15) is 11.8 Å². The minimum absolute atomic E-state index is 0.000807. The molecule has 2 aromatic rings. The molecule has 0 aliphatic carbocycles. The van der Waals surface area contributed by atoms with Crippen LogP contribution in [0.4, 0.5) is 4.79 Å². The Balaban J connectivity index is 1.69. The monoisotopic (exact) mass is 344 g/mol. The predicted molar refractivity (Wildman–Crippen MR) is 98.4 cm³/mol. The second-order valence-corrected chi connectivity index (χ2v) is 7.44. The number of amides is 2. The fourth-order valence-electron chi connectivity index (χ4n) is 3.04. The second-order valence-electron chi connectivity index (χ2n) is 6.29. The molecule has 1 N–H and O–H groups in total. The number of hydrogen-bond donors (Lipinski definition) is 1. The Morgan fingerprint density at radius 1 is 1.29 bits per heavy atom. The van der Waals surface area contributed by atoms with E-state index < -0.39 is 0 Å². The number of urea groups is 1. The lowest BCUT2D eigenvalue weighted by Gasteiger charge is -2.35. The van der Waals surface area contributed by atoms with Crippen molar-refractivity contribution in [2.24, 2.45) is 0 Å². The van der Waals surface area contributed by atoms with Crippen LogP contribution in [0.25, 0.3) is 0 Å². The molecule has 1 fully saturated rings. The number of nitrogens with zero attached hydrogens (tertiary/aromatic N) is 1. The van der Waals surface area contributed by atoms with Gasteiger partial charge in [-0.15, -0.1) is 0 Å². The van der Waals surface area contributed by atoms with E-state index in [1.165, 1.54) is 11.1 Å². The van der Waals surface area contributed by atoms with Crippen molar-refractivity contribution in [2.45, 2.75) is 33.4 Å². The number of carbonyl (C=O) groups excluding carboxylic acids is 1. The Hall–Kier alpha value is -1.88. The smallest absolute Gasteiger partial charge is 0.318 e. The van der Waals surface area contributed by atoms with E-state index in [1.807, 2.05) is 36.6 Å². The average molecular weight is 344 g/mol. The average Bonchev–Trinajstić information content (AvgIpc) is 2.91. The molecule has 1 saturated heterocycles. The minimum atomic E-state index is -0.000807. The highest BCUT2D eigenvalue weighted by molar-refractivity contribution is 7.99. The Labute approximate surface area is 147 Å². The SMILES string of the molecule is Cc1ccc(C2CSCCN2C(=O)NCc2cc(C)oc2C)cc1. The van der Waals surface area contributed by atoms with Gasteiger partial charge < -0.3 is 14.6 Å². The number of rotatable bonds is 3. The maximum absolute atomic E-state index is 12.7. The number of carbonyl (C=O) groups is 1. The molecule has 0 radical (unpaired) electrons. The highest BCUT2D eigenvalue weighted by atomic mass is 32.2. The van der Waals surface area contributed by atoms with Crippen LogP contribution >= 0.6 is 11.8 Å². The normalized spacial score (nSPS) is 17.8. The van der Waals surface area contributed by atoms with E-state index in [1.54, 1.807) is 0 Å². The molecule has 5 heteroatoms. The van der Waals surface area contributed by atoms with Gasteiger partial charge in [0.05, 0.1) is 6.04 Å². The first-order chi connectivity index (χ1) is 11.5. The van der Waals surface area contributed by atoms with Crippen LogP contribution in [0, 0.1) is 20.8 Å². The van der Waals surface area contributed by atoms with Crippen LogP contribution in [0.3, 0.4) is 0 Å². The van der Waals surface area contributed by atoms with Gasteiger partial charge in [0.15, 0.2) is 0 Å². The van der Waals surface area contributed by atoms with Crippen molar-refractivity contribution in [3.05, 3.63) is 58.5 Å². The summed E-state index contributed by atoms with van der Waals surface area (Å²) in [5.41, 5.74) is 3.49. The van der Waals surface area contributed by atoms with Crippen molar-refractivity contribution < 1.29 is 9.21 Å². The zero-order valence-corrected chi connectivity index (χ0v) is 15.3. The van der Waals surface area contributed by atoms with E-state index in [-0.39, 0.29) is 12.1 Å². The standard InChI is InChI=1S/C19H24N2O2S/c1-13-4-6-16(7-5-13)18-12-24-9-8-21(18)19(22)20-11-17-10-14(2)23-15(17)3/h4-7,10,18H,8-9,11-12H2,1-3H3,(H,20,22). The largest absolute Gasteiger partial charge is 0.466 e. The van der Waals surface area contributed by atoms with Gasteiger partial charge in [-0.1, -0.05) is 29.8 Å². The molecule has 24 heavy (non-hydrogen) atoms.